The van der Waals surface area contributed by atoms with Crippen molar-refractivity contribution in [1.29, 1.82) is 0 Å². The van der Waals surface area contributed by atoms with Crippen LogP contribution in [0.15, 0.2) is 42.5 Å². The summed E-state index contributed by atoms with van der Waals surface area (Å²) in [6.07, 6.45) is 0.736. The molecule has 0 saturated heterocycles. The van der Waals surface area contributed by atoms with Crippen LogP contribution >= 0.6 is 0 Å². The van der Waals surface area contributed by atoms with E-state index in [0.29, 0.717) is 43.5 Å². The molecule has 0 spiro atoms. The fourth-order valence-electron chi connectivity index (χ4n) is 2.38. The third kappa shape index (κ3) is 5.11. The van der Waals surface area contributed by atoms with Crippen LogP contribution in [-0.4, -0.2) is 32.4 Å². The molecule has 1 heterocycles. The highest BCUT2D eigenvalue weighted by molar-refractivity contribution is 5.73. The maximum atomic E-state index is 12.8. The Balaban J connectivity index is 1.36. The predicted molar refractivity (Wildman–Crippen MR) is 88.6 cm³/mol. The standard InChI is InChI=1S/C19H19FO5/c20-15-3-5-16(6-4-15)22-8-1-9-25-19(21)13-14-2-7-17-18(12-14)24-11-10-23-17/h2-7,12H,1,8-11,13H2. The van der Waals surface area contributed by atoms with E-state index < -0.39 is 0 Å². The first-order valence-electron chi connectivity index (χ1n) is 8.13. The molecule has 0 amide bonds. The summed E-state index contributed by atoms with van der Waals surface area (Å²) < 4.78 is 34.3. The first-order chi connectivity index (χ1) is 12.2. The molecule has 5 nitrogen and oxygen atoms in total. The highest BCUT2D eigenvalue weighted by atomic mass is 19.1. The number of hydrogen-bond donors (Lipinski definition) is 0. The minimum atomic E-state index is -0.307. The Hall–Kier alpha value is -2.76. The first-order valence-corrected chi connectivity index (χ1v) is 8.13. The maximum Gasteiger partial charge on any atom is 0.310 e. The van der Waals surface area contributed by atoms with Crippen LogP contribution < -0.4 is 14.2 Å². The summed E-state index contributed by atoms with van der Waals surface area (Å²) in [5.74, 6) is 1.33. The molecule has 2 aromatic rings. The van der Waals surface area contributed by atoms with Gasteiger partial charge in [0.2, 0.25) is 0 Å². The number of ether oxygens (including phenoxy) is 4. The molecule has 0 fully saturated rings. The third-order valence-electron chi connectivity index (χ3n) is 3.59. The van der Waals surface area contributed by atoms with E-state index in [4.69, 9.17) is 18.9 Å². The molecule has 0 atom stereocenters. The SMILES string of the molecule is O=C(Cc1ccc2c(c1)OCCO2)OCCCOc1ccc(F)cc1. The largest absolute Gasteiger partial charge is 0.493 e. The Kier molecular flexibility index (Phi) is 5.72. The van der Waals surface area contributed by atoms with Gasteiger partial charge in [-0.05, 0) is 42.0 Å². The molecule has 0 N–H and O–H groups in total. The van der Waals surface area contributed by atoms with Crippen LogP contribution in [0.5, 0.6) is 17.2 Å². The van der Waals surface area contributed by atoms with Crippen LogP contribution in [0.2, 0.25) is 0 Å². The normalized spacial score (nSPS) is 12.5. The summed E-state index contributed by atoms with van der Waals surface area (Å²) >= 11 is 0. The molecule has 0 aliphatic carbocycles. The zero-order chi connectivity index (χ0) is 17.5. The number of rotatable bonds is 7. The molecule has 0 saturated carbocycles. The summed E-state index contributed by atoms with van der Waals surface area (Å²) in [6, 6.07) is 11.2. The Morgan fingerprint density at radius 3 is 2.56 bits per heavy atom. The number of carbonyl (C=O) groups is 1. The van der Waals surface area contributed by atoms with Crippen LogP contribution in [0.4, 0.5) is 4.39 Å². The Labute approximate surface area is 145 Å². The third-order valence-corrected chi connectivity index (χ3v) is 3.59. The van der Waals surface area contributed by atoms with Crippen molar-refractivity contribution >= 4 is 5.97 Å². The second-order valence-electron chi connectivity index (χ2n) is 5.53. The minimum absolute atomic E-state index is 0.176. The van der Waals surface area contributed by atoms with Gasteiger partial charge in [0, 0.05) is 6.42 Å². The van der Waals surface area contributed by atoms with Gasteiger partial charge in [0.25, 0.3) is 0 Å². The topological polar surface area (TPSA) is 54.0 Å². The summed E-state index contributed by atoms with van der Waals surface area (Å²) in [5.41, 5.74) is 0.816. The second-order valence-corrected chi connectivity index (χ2v) is 5.53. The predicted octanol–water partition coefficient (Wildman–Crippen LogP) is 3.15. The van der Waals surface area contributed by atoms with Gasteiger partial charge >= 0.3 is 5.97 Å². The molecule has 2 aromatic carbocycles. The average molecular weight is 346 g/mol. The van der Waals surface area contributed by atoms with Crippen molar-refractivity contribution < 1.29 is 28.1 Å². The maximum absolute atomic E-state index is 12.8. The van der Waals surface area contributed by atoms with Crippen molar-refractivity contribution in [2.24, 2.45) is 0 Å². The number of carbonyl (C=O) groups excluding carboxylic acids is 1. The Morgan fingerprint density at radius 1 is 1.00 bits per heavy atom. The number of hydrogen-bond acceptors (Lipinski definition) is 5. The van der Waals surface area contributed by atoms with Gasteiger partial charge < -0.3 is 18.9 Å². The number of benzene rings is 2. The van der Waals surface area contributed by atoms with Gasteiger partial charge in [-0.1, -0.05) is 6.07 Å². The molecule has 0 bridgehead atoms. The molecule has 0 radical (unpaired) electrons. The van der Waals surface area contributed by atoms with Gasteiger partial charge in [-0.15, -0.1) is 0 Å². The van der Waals surface area contributed by atoms with Crippen molar-refractivity contribution in [2.75, 3.05) is 26.4 Å². The molecule has 3 rings (SSSR count). The van der Waals surface area contributed by atoms with E-state index >= 15 is 0 Å². The zero-order valence-corrected chi connectivity index (χ0v) is 13.7. The molecular formula is C19H19FO5. The molecule has 25 heavy (non-hydrogen) atoms. The van der Waals surface area contributed by atoms with Crippen molar-refractivity contribution in [3.05, 3.63) is 53.8 Å². The summed E-state index contributed by atoms with van der Waals surface area (Å²) in [4.78, 5) is 11.9. The fourth-order valence-corrected chi connectivity index (χ4v) is 2.38. The van der Waals surface area contributed by atoms with E-state index in [-0.39, 0.29) is 24.8 Å². The van der Waals surface area contributed by atoms with Crippen molar-refractivity contribution in [1.82, 2.24) is 0 Å². The van der Waals surface area contributed by atoms with E-state index in [1.54, 1.807) is 24.3 Å². The fraction of sp³-hybridized carbons (Fsp3) is 0.316. The van der Waals surface area contributed by atoms with Crippen LogP contribution in [0.25, 0.3) is 0 Å². The monoisotopic (exact) mass is 346 g/mol. The van der Waals surface area contributed by atoms with Crippen molar-refractivity contribution in [3.8, 4) is 17.2 Å². The van der Waals surface area contributed by atoms with Gasteiger partial charge in [0.1, 0.15) is 24.8 Å². The van der Waals surface area contributed by atoms with Gasteiger partial charge in [-0.2, -0.15) is 0 Å². The zero-order valence-electron chi connectivity index (χ0n) is 13.7. The van der Waals surface area contributed by atoms with E-state index in [1.165, 1.54) is 12.1 Å². The van der Waals surface area contributed by atoms with Crippen LogP contribution in [-0.2, 0) is 16.0 Å². The van der Waals surface area contributed by atoms with Crippen molar-refractivity contribution in [3.63, 3.8) is 0 Å². The number of esters is 1. The number of halogens is 1. The molecule has 0 aromatic heterocycles. The lowest BCUT2D eigenvalue weighted by Crippen LogP contribution is -2.16. The van der Waals surface area contributed by atoms with Crippen LogP contribution in [0.1, 0.15) is 12.0 Å². The lowest BCUT2D eigenvalue weighted by molar-refractivity contribution is -0.143. The van der Waals surface area contributed by atoms with E-state index in [1.807, 2.05) is 6.07 Å². The molecular weight excluding hydrogens is 327 g/mol. The van der Waals surface area contributed by atoms with Gasteiger partial charge in [0.05, 0.1) is 19.6 Å². The van der Waals surface area contributed by atoms with Gasteiger partial charge in [-0.3, -0.25) is 4.79 Å². The minimum Gasteiger partial charge on any atom is -0.493 e. The second kappa shape index (κ2) is 8.37. The smallest absolute Gasteiger partial charge is 0.310 e. The van der Waals surface area contributed by atoms with Crippen molar-refractivity contribution in [2.45, 2.75) is 12.8 Å². The Morgan fingerprint density at radius 2 is 1.76 bits per heavy atom. The van der Waals surface area contributed by atoms with Gasteiger partial charge in [-0.25, -0.2) is 4.39 Å². The van der Waals surface area contributed by atoms with E-state index in [0.717, 1.165) is 5.56 Å². The van der Waals surface area contributed by atoms with Gasteiger partial charge in [0.15, 0.2) is 11.5 Å². The average Bonchev–Trinajstić information content (AvgIpc) is 2.63. The van der Waals surface area contributed by atoms with E-state index in [9.17, 15) is 9.18 Å². The quantitative estimate of drug-likeness (QED) is 0.569. The summed E-state index contributed by atoms with van der Waals surface area (Å²) in [6.45, 7) is 1.71. The van der Waals surface area contributed by atoms with Crippen LogP contribution in [0.3, 0.4) is 0 Å². The lowest BCUT2D eigenvalue weighted by Gasteiger charge is -2.18. The highest BCUT2D eigenvalue weighted by Gasteiger charge is 2.13. The first kappa shape index (κ1) is 17.1. The van der Waals surface area contributed by atoms with E-state index in [2.05, 4.69) is 0 Å². The Bertz CT molecular complexity index is 714. The highest BCUT2D eigenvalue weighted by Crippen LogP contribution is 2.30. The molecule has 132 valence electrons. The molecule has 1 aliphatic heterocycles. The molecule has 1 aliphatic rings. The molecule has 0 unspecified atom stereocenters. The molecule has 6 heteroatoms. The summed E-state index contributed by atoms with van der Waals surface area (Å²) in [7, 11) is 0. The summed E-state index contributed by atoms with van der Waals surface area (Å²) in [5, 5.41) is 0. The van der Waals surface area contributed by atoms with Crippen LogP contribution in [0, 0.1) is 5.82 Å². The number of fused-ring (bicyclic) bond motifs is 1. The lowest BCUT2D eigenvalue weighted by atomic mass is 10.1.